The summed E-state index contributed by atoms with van der Waals surface area (Å²) in [6.45, 7) is 4.83. The lowest BCUT2D eigenvalue weighted by Gasteiger charge is -2.22. The van der Waals surface area contributed by atoms with Gasteiger partial charge in [-0.05, 0) is 44.0 Å². The minimum atomic E-state index is -0.0151. The summed E-state index contributed by atoms with van der Waals surface area (Å²) in [6.07, 6.45) is 2.17. The van der Waals surface area contributed by atoms with Gasteiger partial charge in [0.15, 0.2) is 0 Å². The minimum Gasteiger partial charge on any atom is -0.342 e. The van der Waals surface area contributed by atoms with E-state index in [1.54, 1.807) is 0 Å². The van der Waals surface area contributed by atoms with Gasteiger partial charge >= 0.3 is 0 Å². The second-order valence-corrected chi connectivity index (χ2v) is 9.21. The number of likely N-dealkylation sites (tertiary alicyclic amines) is 1. The molecule has 0 N–H and O–H groups in total. The van der Waals surface area contributed by atoms with Gasteiger partial charge in [0.1, 0.15) is 0 Å². The van der Waals surface area contributed by atoms with E-state index in [1.807, 2.05) is 53.1 Å². The fraction of sp³-hybridized carbons (Fsp3) is 0.400. The SMILES string of the molecule is CCN(Cc1ccc(Cl)s1)C(=O)c1ccccc1SCC(=O)N1CCCC1. The Morgan fingerprint density at radius 2 is 1.93 bits per heavy atom. The Bertz CT molecular complexity index is 803. The normalized spacial score (nSPS) is 13.8. The number of nitrogens with zero attached hydrogens (tertiary/aromatic N) is 2. The van der Waals surface area contributed by atoms with Gasteiger partial charge in [0.05, 0.1) is 22.2 Å². The number of benzene rings is 1. The quantitative estimate of drug-likeness (QED) is 0.603. The lowest BCUT2D eigenvalue weighted by atomic mass is 10.2. The molecule has 144 valence electrons. The van der Waals surface area contributed by atoms with Crippen molar-refractivity contribution in [1.82, 2.24) is 9.80 Å². The summed E-state index contributed by atoms with van der Waals surface area (Å²) in [5.41, 5.74) is 0.654. The molecule has 7 heteroatoms. The molecule has 0 saturated carbocycles. The number of carbonyl (C=O) groups excluding carboxylic acids is 2. The third-order valence-electron chi connectivity index (χ3n) is 4.57. The number of hydrogen-bond donors (Lipinski definition) is 0. The molecule has 27 heavy (non-hydrogen) atoms. The van der Waals surface area contributed by atoms with Crippen molar-refractivity contribution in [2.45, 2.75) is 31.2 Å². The van der Waals surface area contributed by atoms with Gasteiger partial charge in [0.2, 0.25) is 5.91 Å². The average molecular weight is 423 g/mol. The van der Waals surface area contributed by atoms with Crippen LogP contribution in [0.2, 0.25) is 4.34 Å². The molecule has 4 nitrogen and oxygen atoms in total. The predicted molar refractivity (Wildman–Crippen MR) is 113 cm³/mol. The first-order valence-corrected chi connectivity index (χ1v) is 11.3. The van der Waals surface area contributed by atoms with E-state index in [4.69, 9.17) is 11.6 Å². The Labute approximate surface area is 173 Å². The van der Waals surface area contributed by atoms with Crippen molar-refractivity contribution in [3.63, 3.8) is 0 Å². The zero-order chi connectivity index (χ0) is 19.2. The van der Waals surface area contributed by atoms with Crippen molar-refractivity contribution in [2.24, 2.45) is 0 Å². The smallest absolute Gasteiger partial charge is 0.255 e. The Morgan fingerprint density at radius 3 is 2.59 bits per heavy atom. The second-order valence-electron chi connectivity index (χ2n) is 6.40. The van der Waals surface area contributed by atoms with Gasteiger partial charge in [-0.1, -0.05) is 23.7 Å². The number of rotatable bonds is 7. The molecular weight excluding hydrogens is 400 g/mol. The topological polar surface area (TPSA) is 40.6 Å². The zero-order valence-corrected chi connectivity index (χ0v) is 17.7. The van der Waals surface area contributed by atoms with Crippen molar-refractivity contribution < 1.29 is 9.59 Å². The molecule has 1 aromatic heterocycles. The van der Waals surface area contributed by atoms with Gasteiger partial charge < -0.3 is 9.80 Å². The highest BCUT2D eigenvalue weighted by atomic mass is 35.5. The lowest BCUT2D eigenvalue weighted by molar-refractivity contribution is -0.127. The molecule has 1 aliphatic heterocycles. The fourth-order valence-corrected chi connectivity index (χ4v) is 5.14. The zero-order valence-electron chi connectivity index (χ0n) is 15.3. The maximum Gasteiger partial charge on any atom is 0.255 e. The van der Waals surface area contributed by atoms with E-state index in [2.05, 4.69) is 0 Å². The third kappa shape index (κ3) is 5.27. The van der Waals surface area contributed by atoms with Crippen molar-refractivity contribution in [2.75, 3.05) is 25.4 Å². The van der Waals surface area contributed by atoms with Crippen molar-refractivity contribution in [1.29, 1.82) is 0 Å². The van der Waals surface area contributed by atoms with E-state index in [-0.39, 0.29) is 11.8 Å². The molecule has 2 amide bonds. The summed E-state index contributed by atoms with van der Waals surface area (Å²) >= 11 is 8.95. The molecule has 0 unspecified atom stereocenters. The molecule has 1 fully saturated rings. The maximum absolute atomic E-state index is 13.1. The van der Waals surface area contributed by atoms with Crippen LogP contribution in [0.1, 0.15) is 35.0 Å². The van der Waals surface area contributed by atoms with E-state index in [9.17, 15) is 9.59 Å². The van der Waals surface area contributed by atoms with Crippen LogP contribution in [-0.4, -0.2) is 47.0 Å². The number of carbonyl (C=O) groups is 2. The summed E-state index contributed by atoms with van der Waals surface area (Å²) < 4.78 is 0.727. The van der Waals surface area contributed by atoms with E-state index in [0.717, 1.165) is 40.0 Å². The molecule has 2 aromatic rings. The summed E-state index contributed by atoms with van der Waals surface area (Å²) in [7, 11) is 0. The molecule has 0 radical (unpaired) electrons. The monoisotopic (exact) mass is 422 g/mol. The van der Waals surface area contributed by atoms with Crippen LogP contribution < -0.4 is 0 Å². The van der Waals surface area contributed by atoms with Gasteiger partial charge in [0.25, 0.3) is 5.91 Å². The van der Waals surface area contributed by atoms with Crippen LogP contribution in [0.5, 0.6) is 0 Å². The van der Waals surface area contributed by atoms with Crippen LogP contribution in [0, 0.1) is 0 Å². The molecule has 1 saturated heterocycles. The Balaban J connectivity index is 1.69. The highest BCUT2D eigenvalue weighted by Crippen LogP contribution is 2.27. The highest BCUT2D eigenvalue weighted by molar-refractivity contribution is 8.00. The van der Waals surface area contributed by atoms with Crippen LogP contribution in [0.15, 0.2) is 41.3 Å². The van der Waals surface area contributed by atoms with Crippen molar-refractivity contribution in [3.05, 3.63) is 51.2 Å². The van der Waals surface area contributed by atoms with Gasteiger partial charge in [-0.15, -0.1) is 23.1 Å². The average Bonchev–Trinajstić information content (AvgIpc) is 3.36. The van der Waals surface area contributed by atoms with Gasteiger partial charge in [-0.2, -0.15) is 0 Å². The first kappa shape index (κ1) is 20.2. The first-order chi connectivity index (χ1) is 13.1. The minimum absolute atomic E-state index is 0.0151. The standard InChI is InChI=1S/C20H23ClN2O2S2/c1-2-22(13-15-9-10-18(21)27-15)20(25)16-7-3-4-8-17(16)26-14-19(24)23-11-5-6-12-23/h3-4,7-10H,2,5-6,11-14H2,1H3. The Kier molecular flexibility index (Phi) is 7.21. The molecule has 1 aromatic carbocycles. The van der Waals surface area contributed by atoms with Crippen LogP contribution in [0.4, 0.5) is 0 Å². The van der Waals surface area contributed by atoms with Crippen molar-refractivity contribution in [3.8, 4) is 0 Å². The molecule has 0 aliphatic carbocycles. The molecular formula is C20H23ClN2O2S2. The Hall–Kier alpha value is -1.50. The number of thioether (sulfide) groups is 1. The van der Waals surface area contributed by atoms with Crippen LogP contribution in [0.3, 0.4) is 0 Å². The van der Waals surface area contributed by atoms with Crippen LogP contribution in [0.25, 0.3) is 0 Å². The number of thiophene rings is 1. The Morgan fingerprint density at radius 1 is 1.19 bits per heavy atom. The molecule has 1 aliphatic rings. The van der Waals surface area contributed by atoms with Crippen LogP contribution in [-0.2, 0) is 11.3 Å². The first-order valence-electron chi connectivity index (χ1n) is 9.11. The van der Waals surface area contributed by atoms with E-state index in [1.165, 1.54) is 23.1 Å². The number of halogens is 1. The summed E-state index contributed by atoms with van der Waals surface area (Å²) in [5, 5.41) is 0. The second kappa shape index (κ2) is 9.62. The fourth-order valence-electron chi connectivity index (χ4n) is 3.09. The van der Waals surface area contributed by atoms with Gasteiger partial charge in [-0.3, -0.25) is 9.59 Å². The molecule has 0 atom stereocenters. The van der Waals surface area contributed by atoms with Crippen molar-refractivity contribution >= 4 is 46.5 Å². The number of hydrogen-bond acceptors (Lipinski definition) is 4. The summed E-state index contributed by atoms with van der Waals surface area (Å²) in [4.78, 5) is 31.1. The largest absolute Gasteiger partial charge is 0.342 e. The van der Waals surface area contributed by atoms with Gasteiger partial charge in [0, 0.05) is 29.4 Å². The van der Waals surface area contributed by atoms with E-state index >= 15 is 0 Å². The molecule has 0 bridgehead atoms. The highest BCUT2D eigenvalue weighted by Gasteiger charge is 2.21. The van der Waals surface area contributed by atoms with E-state index in [0.29, 0.717) is 24.4 Å². The summed E-state index contributed by atoms with van der Waals surface area (Å²) in [6, 6.07) is 11.4. The summed E-state index contributed by atoms with van der Waals surface area (Å²) in [5.74, 6) is 0.510. The number of amides is 2. The van der Waals surface area contributed by atoms with Crippen LogP contribution >= 0.6 is 34.7 Å². The molecule has 2 heterocycles. The van der Waals surface area contributed by atoms with E-state index < -0.39 is 0 Å². The third-order valence-corrected chi connectivity index (χ3v) is 6.85. The maximum atomic E-state index is 13.1. The van der Waals surface area contributed by atoms with Gasteiger partial charge in [-0.25, -0.2) is 0 Å². The molecule has 0 spiro atoms. The predicted octanol–water partition coefficient (Wildman–Crippen LogP) is 4.78. The molecule has 3 rings (SSSR count). The lowest BCUT2D eigenvalue weighted by Crippen LogP contribution is -2.31.